The van der Waals surface area contributed by atoms with Crippen molar-refractivity contribution in [2.75, 3.05) is 11.1 Å². The average Bonchev–Trinajstić information content (AvgIpc) is 3.08. The van der Waals surface area contributed by atoms with Crippen LogP contribution in [0.4, 0.5) is 11.4 Å². The summed E-state index contributed by atoms with van der Waals surface area (Å²) in [4.78, 5) is 24.7. The molecule has 2 amide bonds. The molecule has 0 saturated heterocycles. The number of para-hydroxylation sites is 2. The van der Waals surface area contributed by atoms with Crippen molar-refractivity contribution in [2.24, 2.45) is 0 Å². The van der Waals surface area contributed by atoms with Crippen LogP contribution in [0.15, 0.2) is 41.8 Å². The number of carbonyl (C=O) groups is 2. The maximum Gasteiger partial charge on any atom is 0.224 e. The second-order valence-corrected chi connectivity index (χ2v) is 6.58. The summed E-state index contributed by atoms with van der Waals surface area (Å²) in [6.07, 6.45) is 3.34. The zero-order chi connectivity index (χ0) is 17.2. The summed E-state index contributed by atoms with van der Waals surface area (Å²) in [6, 6.07) is 11.2. The highest BCUT2D eigenvalue weighted by atomic mass is 32.1. The maximum atomic E-state index is 11.9. The Labute approximate surface area is 146 Å². The third kappa shape index (κ3) is 6.42. The van der Waals surface area contributed by atoms with E-state index in [9.17, 15) is 9.59 Å². The number of nitrogens with one attached hydrogen (secondary N) is 2. The van der Waals surface area contributed by atoms with E-state index in [1.54, 1.807) is 23.5 Å². The fraction of sp³-hybridized carbons (Fsp3) is 0.333. The van der Waals surface area contributed by atoms with E-state index < -0.39 is 0 Å². The minimum atomic E-state index is -0.0463. The van der Waals surface area contributed by atoms with Gasteiger partial charge in [-0.25, -0.2) is 0 Å². The average molecular weight is 345 g/mol. The van der Waals surface area contributed by atoms with Crippen LogP contribution in [0.1, 0.15) is 37.0 Å². The first-order chi connectivity index (χ1) is 11.6. The topological polar surface area (TPSA) is 84.2 Å². The number of nitrogen functional groups attached to an aromatic ring is 1. The van der Waals surface area contributed by atoms with Gasteiger partial charge in [0.2, 0.25) is 11.8 Å². The summed E-state index contributed by atoms with van der Waals surface area (Å²) in [5.41, 5.74) is 7.00. The fourth-order valence-electron chi connectivity index (χ4n) is 2.26. The molecule has 0 bridgehead atoms. The molecule has 1 heterocycles. The van der Waals surface area contributed by atoms with Gasteiger partial charge in [-0.05, 0) is 36.4 Å². The van der Waals surface area contributed by atoms with Crippen LogP contribution in [0, 0.1) is 0 Å². The van der Waals surface area contributed by atoms with E-state index in [2.05, 4.69) is 10.6 Å². The summed E-state index contributed by atoms with van der Waals surface area (Å²) in [6.45, 7) is 0.595. The lowest BCUT2D eigenvalue weighted by Crippen LogP contribution is -2.21. The number of amides is 2. The first-order valence-corrected chi connectivity index (χ1v) is 8.96. The zero-order valence-electron chi connectivity index (χ0n) is 13.6. The molecule has 1 aromatic heterocycles. The van der Waals surface area contributed by atoms with Gasteiger partial charge in [0.05, 0.1) is 17.9 Å². The van der Waals surface area contributed by atoms with Crippen molar-refractivity contribution < 1.29 is 9.59 Å². The van der Waals surface area contributed by atoms with Gasteiger partial charge in [-0.2, -0.15) is 0 Å². The molecule has 0 aliphatic rings. The van der Waals surface area contributed by atoms with Crippen molar-refractivity contribution in [3.05, 3.63) is 46.7 Å². The van der Waals surface area contributed by atoms with Crippen molar-refractivity contribution >= 4 is 34.5 Å². The van der Waals surface area contributed by atoms with Gasteiger partial charge in [0.1, 0.15) is 0 Å². The molecule has 128 valence electrons. The van der Waals surface area contributed by atoms with E-state index in [1.165, 1.54) is 0 Å². The molecule has 24 heavy (non-hydrogen) atoms. The van der Waals surface area contributed by atoms with Gasteiger partial charge >= 0.3 is 0 Å². The van der Waals surface area contributed by atoms with Crippen LogP contribution >= 0.6 is 11.3 Å². The largest absolute Gasteiger partial charge is 0.397 e. The highest BCUT2D eigenvalue weighted by Gasteiger charge is 2.06. The van der Waals surface area contributed by atoms with Crippen LogP contribution in [0.25, 0.3) is 0 Å². The fourth-order valence-corrected chi connectivity index (χ4v) is 2.90. The summed E-state index contributed by atoms with van der Waals surface area (Å²) in [5, 5.41) is 7.70. The molecule has 4 N–H and O–H groups in total. The Morgan fingerprint density at radius 1 is 0.958 bits per heavy atom. The Morgan fingerprint density at radius 2 is 1.71 bits per heavy atom. The van der Waals surface area contributed by atoms with Crippen molar-refractivity contribution in [1.82, 2.24) is 5.32 Å². The molecule has 0 aliphatic heterocycles. The summed E-state index contributed by atoms with van der Waals surface area (Å²) >= 11 is 1.63. The minimum Gasteiger partial charge on any atom is -0.397 e. The van der Waals surface area contributed by atoms with Gasteiger partial charge in [0.25, 0.3) is 0 Å². The highest BCUT2D eigenvalue weighted by Crippen LogP contribution is 2.17. The maximum absolute atomic E-state index is 11.9. The monoisotopic (exact) mass is 345 g/mol. The summed E-state index contributed by atoms with van der Waals surface area (Å²) in [5.74, 6) is 0.0138. The molecule has 0 radical (unpaired) electrons. The molecule has 2 rings (SSSR count). The van der Waals surface area contributed by atoms with Crippen molar-refractivity contribution in [2.45, 2.75) is 38.6 Å². The number of carbonyl (C=O) groups excluding carboxylic acids is 2. The lowest BCUT2D eigenvalue weighted by Gasteiger charge is -2.07. The summed E-state index contributed by atoms with van der Waals surface area (Å²) in [7, 11) is 0. The van der Waals surface area contributed by atoms with Gasteiger partial charge in [0, 0.05) is 17.7 Å². The van der Waals surface area contributed by atoms with Crippen LogP contribution in [-0.2, 0) is 16.1 Å². The second-order valence-electron chi connectivity index (χ2n) is 5.55. The number of anilines is 2. The molecular formula is C18H23N3O2S. The third-order valence-electron chi connectivity index (χ3n) is 3.58. The molecular weight excluding hydrogens is 322 g/mol. The Bertz CT molecular complexity index is 656. The Balaban J connectivity index is 1.53. The first-order valence-electron chi connectivity index (χ1n) is 8.08. The molecule has 0 atom stereocenters. The lowest BCUT2D eigenvalue weighted by atomic mass is 10.1. The quantitative estimate of drug-likeness (QED) is 0.480. The van der Waals surface area contributed by atoms with Crippen molar-refractivity contribution in [3.63, 3.8) is 0 Å². The van der Waals surface area contributed by atoms with Gasteiger partial charge in [-0.1, -0.05) is 24.6 Å². The Hall–Kier alpha value is -2.34. The van der Waals surface area contributed by atoms with Crippen LogP contribution in [0.5, 0.6) is 0 Å². The molecule has 1 aromatic carbocycles. The van der Waals surface area contributed by atoms with Crippen LogP contribution < -0.4 is 16.4 Å². The molecule has 0 aliphatic carbocycles. The zero-order valence-corrected chi connectivity index (χ0v) is 14.4. The van der Waals surface area contributed by atoms with Gasteiger partial charge < -0.3 is 16.4 Å². The standard InChI is InChI=1S/C18H23N3O2S/c19-15-8-4-5-9-16(15)21-18(23)11-3-1-2-10-17(22)20-13-14-7-6-12-24-14/h4-9,12H,1-3,10-11,13,19H2,(H,20,22)(H,21,23). The number of nitrogens with two attached hydrogens (primary N) is 1. The van der Waals surface area contributed by atoms with Gasteiger partial charge in [0.15, 0.2) is 0 Å². The lowest BCUT2D eigenvalue weighted by molar-refractivity contribution is -0.121. The Kier molecular flexibility index (Phi) is 7.29. The number of hydrogen-bond donors (Lipinski definition) is 3. The molecule has 0 spiro atoms. The highest BCUT2D eigenvalue weighted by molar-refractivity contribution is 7.09. The molecule has 5 nitrogen and oxygen atoms in total. The van der Waals surface area contributed by atoms with Crippen LogP contribution in [0.2, 0.25) is 0 Å². The van der Waals surface area contributed by atoms with E-state index in [1.807, 2.05) is 29.6 Å². The molecule has 0 unspecified atom stereocenters. The first kappa shape index (κ1) is 18.0. The SMILES string of the molecule is Nc1ccccc1NC(=O)CCCCCC(=O)NCc1cccs1. The summed E-state index contributed by atoms with van der Waals surface area (Å²) < 4.78 is 0. The van der Waals surface area contributed by atoms with Crippen molar-refractivity contribution in [1.29, 1.82) is 0 Å². The van der Waals surface area contributed by atoms with E-state index >= 15 is 0 Å². The van der Waals surface area contributed by atoms with Crippen molar-refractivity contribution in [3.8, 4) is 0 Å². The number of rotatable bonds is 9. The number of unbranched alkanes of at least 4 members (excludes halogenated alkanes) is 2. The van der Waals surface area contributed by atoms with Gasteiger partial charge in [-0.3, -0.25) is 9.59 Å². The Morgan fingerprint density at radius 3 is 2.42 bits per heavy atom. The molecule has 2 aromatic rings. The molecule has 0 saturated carbocycles. The predicted octanol–water partition coefficient (Wildman–Crippen LogP) is 3.54. The smallest absolute Gasteiger partial charge is 0.224 e. The minimum absolute atomic E-state index is 0.0463. The number of benzene rings is 1. The van der Waals surface area contributed by atoms with E-state index in [-0.39, 0.29) is 11.8 Å². The number of hydrogen-bond acceptors (Lipinski definition) is 4. The third-order valence-corrected chi connectivity index (χ3v) is 4.46. The van der Waals surface area contributed by atoms with Crippen LogP contribution in [0.3, 0.4) is 0 Å². The molecule has 6 heteroatoms. The second kappa shape index (κ2) is 9.72. The predicted molar refractivity (Wildman–Crippen MR) is 98.7 cm³/mol. The normalized spacial score (nSPS) is 10.3. The van der Waals surface area contributed by atoms with E-state index in [4.69, 9.17) is 5.73 Å². The molecule has 0 fully saturated rings. The van der Waals surface area contributed by atoms with E-state index in [0.717, 1.165) is 24.1 Å². The van der Waals surface area contributed by atoms with Gasteiger partial charge in [-0.15, -0.1) is 11.3 Å². The van der Waals surface area contributed by atoms with Crippen LogP contribution in [-0.4, -0.2) is 11.8 Å². The number of thiophene rings is 1. The van der Waals surface area contributed by atoms with E-state index in [0.29, 0.717) is 30.8 Å².